The first-order chi connectivity index (χ1) is 17.4. The zero-order valence-corrected chi connectivity index (χ0v) is 21.1. The van der Waals surface area contributed by atoms with Gasteiger partial charge in [0.2, 0.25) is 5.95 Å². The third-order valence-electron chi connectivity index (χ3n) is 6.68. The molecule has 5 rings (SSSR count). The third kappa shape index (κ3) is 4.79. The number of aromatic nitrogens is 6. The van der Waals surface area contributed by atoms with E-state index in [0.29, 0.717) is 45.1 Å². The van der Waals surface area contributed by atoms with Gasteiger partial charge in [-0.25, -0.2) is 9.97 Å². The normalized spacial score (nSPS) is 16.2. The van der Waals surface area contributed by atoms with Crippen molar-refractivity contribution in [1.82, 2.24) is 34.4 Å². The number of fused-ring (bicyclic) bond motifs is 2. The van der Waals surface area contributed by atoms with Crippen molar-refractivity contribution in [2.45, 2.75) is 38.8 Å². The molecule has 0 radical (unpaired) electrons. The fourth-order valence-electron chi connectivity index (χ4n) is 4.73. The Morgan fingerprint density at radius 2 is 1.89 bits per heavy atom. The predicted octanol–water partition coefficient (Wildman–Crippen LogP) is 1.46. The monoisotopic (exact) mass is 494 g/mol. The number of nitrogens with one attached hydrogen (secondary N) is 1. The van der Waals surface area contributed by atoms with Crippen LogP contribution < -0.4 is 10.2 Å². The van der Waals surface area contributed by atoms with Crippen LogP contribution in [0.5, 0.6) is 0 Å². The Hall–Kier alpha value is -3.12. The zero-order chi connectivity index (χ0) is 25.3. The molecule has 1 unspecified atom stereocenters. The Labute approximate surface area is 209 Å². The quantitative estimate of drug-likeness (QED) is 0.317. The number of benzene rings is 1. The van der Waals surface area contributed by atoms with E-state index in [2.05, 4.69) is 10.2 Å². The van der Waals surface area contributed by atoms with E-state index in [1.807, 2.05) is 47.4 Å². The van der Waals surface area contributed by atoms with Crippen LogP contribution >= 0.6 is 0 Å². The van der Waals surface area contributed by atoms with Crippen molar-refractivity contribution in [3.05, 3.63) is 35.9 Å². The van der Waals surface area contributed by atoms with Crippen LogP contribution in [0.3, 0.4) is 0 Å². The van der Waals surface area contributed by atoms with E-state index >= 15 is 0 Å². The van der Waals surface area contributed by atoms with Crippen molar-refractivity contribution >= 4 is 28.0 Å². The second-order valence-electron chi connectivity index (χ2n) is 9.62. The van der Waals surface area contributed by atoms with Gasteiger partial charge in [-0.05, 0) is 38.8 Å². The van der Waals surface area contributed by atoms with Gasteiger partial charge in [0.15, 0.2) is 17.0 Å². The zero-order valence-electron chi connectivity index (χ0n) is 21.1. The van der Waals surface area contributed by atoms with Crippen molar-refractivity contribution in [3.8, 4) is 5.95 Å². The molecule has 0 saturated carbocycles. The Kier molecular flexibility index (Phi) is 6.89. The summed E-state index contributed by atoms with van der Waals surface area (Å²) in [5.41, 5.74) is 2.43. The fourth-order valence-corrected chi connectivity index (χ4v) is 4.73. The summed E-state index contributed by atoms with van der Waals surface area (Å²) in [5, 5.41) is 22.9. The number of aliphatic hydroxyl groups excluding tert-OH is 1. The molecule has 1 atom stereocenters. The Morgan fingerprint density at radius 3 is 2.67 bits per heavy atom. The minimum Gasteiger partial charge on any atom is -0.396 e. The first kappa shape index (κ1) is 24.6. The Morgan fingerprint density at radius 1 is 1.11 bits per heavy atom. The minimum atomic E-state index is -0.904. The highest BCUT2D eigenvalue weighted by Crippen LogP contribution is 2.28. The summed E-state index contributed by atoms with van der Waals surface area (Å²) in [7, 11) is 1.95. The maximum atomic E-state index is 10.6. The average molecular weight is 495 g/mol. The number of morpholine rings is 1. The van der Waals surface area contributed by atoms with Gasteiger partial charge in [-0.3, -0.25) is 4.57 Å². The molecule has 0 bridgehead atoms. The van der Waals surface area contributed by atoms with Crippen molar-refractivity contribution in [2.75, 3.05) is 44.4 Å². The van der Waals surface area contributed by atoms with E-state index in [9.17, 15) is 5.11 Å². The smallest absolute Gasteiger partial charge is 0.239 e. The number of aryl methyl sites for hydroxylation is 2. The molecule has 11 nitrogen and oxygen atoms in total. The van der Waals surface area contributed by atoms with Crippen LogP contribution in [0.4, 0.5) is 5.82 Å². The number of hydrogen-bond donors (Lipinski definition) is 3. The van der Waals surface area contributed by atoms with Gasteiger partial charge < -0.3 is 29.7 Å². The highest BCUT2D eigenvalue weighted by atomic mass is 16.5. The predicted molar refractivity (Wildman–Crippen MR) is 137 cm³/mol. The highest BCUT2D eigenvalue weighted by molar-refractivity contribution is 5.86. The lowest BCUT2D eigenvalue weighted by Gasteiger charge is -2.28. The maximum absolute atomic E-state index is 10.6. The molecule has 0 amide bonds. The van der Waals surface area contributed by atoms with Crippen LogP contribution in [0.25, 0.3) is 28.1 Å². The van der Waals surface area contributed by atoms with Crippen LogP contribution in [0.2, 0.25) is 0 Å². The first-order valence-electron chi connectivity index (χ1n) is 12.4. The van der Waals surface area contributed by atoms with Crippen LogP contribution in [-0.2, 0) is 18.3 Å². The number of hydrogen-bond acceptors (Lipinski definition) is 9. The summed E-state index contributed by atoms with van der Waals surface area (Å²) >= 11 is 0. The summed E-state index contributed by atoms with van der Waals surface area (Å²) in [6, 6.07) is 7.98. The molecular weight excluding hydrogens is 460 g/mol. The molecule has 4 heterocycles. The van der Waals surface area contributed by atoms with Crippen LogP contribution in [0.15, 0.2) is 24.3 Å². The first-order valence-corrected chi connectivity index (χ1v) is 12.4. The largest absolute Gasteiger partial charge is 0.396 e. The minimum absolute atomic E-state index is 0.0674. The highest BCUT2D eigenvalue weighted by Gasteiger charge is 2.24. The summed E-state index contributed by atoms with van der Waals surface area (Å²) in [5.74, 6) is 2.96. The lowest BCUT2D eigenvalue weighted by molar-refractivity contribution is 0.0432. The lowest BCUT2D eigenvalue weighted by atomic mass is 10.0. The summed E-state index contributed by atoms with van der Waals surface area (Å²) in [6.45, 7) is 7.39. The van der Waals surface area contributed by atoms with Gasteiger partial charge in [-0.2, -0.15) is 9.97 Å². The molecule has 1 fully saturated rings. The molecule has 11 heteroatoms. The number of anilines is 1. The van der Waals surface area contributed by atoms with E-state index in [4.69, 9.17) is 29.8 Å². The fraction of sp³-hybridized carbons (Fsp3) is 0.520. The van der Waals surface area contributed by atoms with Crippen LogP contribution in [0, 0.1) is 6.92 Å². The topological polar surface area (TPSA) is 126 Å². The number of aliphatic hydroxyl groups is 2. The van der Waals surface area contributed by atoms with Gasteiger partial charge in [-0.1, -0.05) is 12.1 Å². The molecular formula is C25H34N8O3. The van der Waals surface area contributed by atoms with E-state index in [1.165, 1.54) is 0 Å². The average Bonchev–Trinajstić information content (AvgIpc) is 3.38. The molecule has 1 aliphatic heterocycles. The van der Waals surface area contributed by atoms with Gasteiger partial charge in [0.1, 0.15) is 11.6 Å². The van der Waals surface area contributed by atoms with E-state index in [-0.39, 0.29) is 6.61 Å². The van der Waals surface area contributed by atoms with E-state index < -0.39 is 5.60 Å². The molecule has 3 N–H and O–H groups in total. The molecule has 1 aromatic carbocycles. The molecule has 192 valence electrons. The number of nitrogens with zero attached hydrogens (tertiary/aromatic N) is 7. The van der Waals surface area contributed by atoms with Gasteiger partial charge in [-0.15, -0.1) is 0 Å². The molecule has 1 aliphatic rings. The third-order valence-corrected chi connectivity index (χ3v) is 6.68. The Balaban J connectivity index is 1.54. The van der Waals surface area contributed by atoms with Crippen molar-refractivity contribution in [1.29, 1.82) is 0 Å². The van der Waals surface area contributed by atoms with Crippen molar-refractivity contribution in [3.63, 3.8) is 0 Å². The van der Waals surface area contributed by atoms with Crippen LogP contribution in [-0.4, -0.2) is 84.3 Å². The van der Waals surface area contributed by atoms with Gasteiger partial charge in [0, 0.05) is 33.3 Å². The summed E-state index contributed by atoms with van der Waals surface area (Å²) in [4.78, 5) is 21.8. The van der Waals surface area contributed by atoms with Crippen molar-refractivity contribution < 1.29 is 14.9 Å². The standard InChI is InChI=1S/C25H34N8O3/c1-17-27-18-7-4-5-8-19(18)33(17)24-29-22-21(23(30-24)32-10-13-36-14-11-32)28-20(31(22)3)15-26-16-25(2,35)9-6-12-34/h4-5,7-8,26,34-35H,6,9-16H2,1-3H3. The Bertz CT molecular complexity index is 1360. The lowest BCUT2D eigenvalue weighted by Crippen LogP contribution is -2.38. The number of ether oxygens (including phenoxy) is 1. The maximum Gasteiger partial charge on any atom is 0.239 e. The van der Waals surface area contributed by atoms with E-state index in [1.54, 1.807) is 6.92 Å². The number of rotatable bonds is 9. The van der Waals surface area contributed by atoms with Gasteiger partial charge in [0.25, 0.3) is 0 Å². The molecule has 36 heavy (non-hydrogen) atoms. The summed E-state index contributed by atoms with van der Waals surface area (Å²) < 4.78 is 9.55. The second-order valence-corrected chi connectivity index (χ2v) is 9.62. The molecule has 3 aromatic heterocycles. The van der Waals surface area contributed by atoms with Crippen LogP contribution in [0.1, 0.15) is 31.4 Å². The number of para-hydroxylation sites is 2. The molecule has 0 aliphatic carbocycles. The van der Waals surface area contributed by atoms with Gasteiger partial charge in [0.05, 0.1) is 36.4 Å². The number of imidazole rings is 2. The SMILES string of the molecule is Cc1nc2ccccc2n1-c1nc(N2CCOCC2)c2nc(CNCC(C)(O)CCCO)n(C)c2n1. The van der Waals surface area contributed by atoms with E-state index in [0.717, 1.165) is 52.8 Å². The second kappa shape index (κ2) is 10.1. The molecule has 0 spiro atoms. The van der Waals surface area contributed by atoms with Crippen molar-refractivity contribution in [2.24, 2.45) is 7.05 Å². The van der Waals surface area contributed by atoms with Gasteiger partial charge >= 0.3 is 0 Å². The summed E-state index contributed by atoms with van der Waals surface area (Å²) in [6.07, 6.45) is 1.08. The molecule has 4 aromatic rings. The molecule has 1 saturated heterocycles.